The Labute approximate surface area is 215 Å². The second kappa shape index (κ2) is 10.7. The molecule has 0 aliphatic carbocycles. The van der Waals surface area contributed by atoms with Crippen molar-refractivity contribution in [1.82, 2.24) is 19.4 Å². The zero-order chi connectivity index (χ0) is 25.1. The van der Waals surface area contributed by atoms with Crippen LogP contribution in [0.5, 0.6) is 11.5 Å². The molecule has 192 valence electrons. The highest BCUT2D eigenvalue weighted by Gasteiger charge is 2.27. The van der Waals surface area contributed by atoms with Crippen LogP contribution in [-0.4, -0.2) is 92.8 Å². The lowest BCUT2D eigenvalue weighted by molar-refractivity contribution is 0.0730. The van der Waals surface area contributed by atoms with E-state index in [0.29, 0.717) is 50.1 Å². The topological polar surface area (TPSA) is 101 Å². The Morgan fingerprint density at radius 1 is 0.917 bits per heavy atom. The van der Waals surface area contributed by atoms with Crippen molar-refractivity contribution in [3.8, 4) is 11.5 Å². The van der Waals surface area contributed by atoms with Gasteiger partial charge in [-0.25, -0.2) is 8.42 Å². The standard InChI is InChI=1S/C24H28N4O6S2/c29-23(19-2-4-20(5-3-19)36(30,31)28-11-13-32-14-12-28)25-24(35)27-9-7-26(8-10-27)16-18-1-6-21-22(15-18)34-17-33-21/h1-6,15H,7-14,16-17H2,(H,25,29,35). The van der Waals surface area contributed by atoms with Gasteiger partial charge in [0.2, 0.25) is 16.8 Å². The second-order valence-corrected chi connectivity index (χ2v) is 11.1. The third-order valence-electron chi connectivity index (χ3n) is 6.45. The fourth-order valence-corrected chi connectivity index (χ4v) is 6.05. The third-order valence-corrected chi connectivity index (χ3v) is 8.72. The molecule has 0 spiro atoms. The lowest BCUT2D eigenvalue weighted by Crippen LogP contribution is -2.52. The number of nitrogens with one attached hydrogen (secondary N) is 1. The molecule has 10 nitrogen and oxygen atoms in total. The van der Waals surface area contributed by atoms with Gasteiger partial charge in [0.25, 0.3) is 5.91 Å². The first-order chi connectivity index (χ1) is 17.4. The van der Waals surface area contributed by atoms with Gasteiger partial charge in [-0.1, -0.05) is 6.07 Å². The van der Waals surface area contributed by atoms with E-state index in [2.05, 4.69) is 10.2 Å². The predicted octanol–water partition coefficient (Wildman–Crippen LogP) is 1.27. The number of nitrogens with zero attached hydrogens (tertiary/aromatic N) is 3. The van der Waals surface area contributed by atoms with Gasteiger partial charge in [-0.3, -0.25) is 15.0 Å². The maximum atomic E-state index is 12.8. The first-order valence-electron chi connectivity index (χ1n) is 11.8. The van der Waals surface area contributed by atoms with Crippen LogP contribution in [0.1, 0.15) is 15.9 Å². The quantitative estimate of drug-likeness (QED) is 0.571. The van der Waals surface area contributed by atoms with Gasteiger partial charge in [-0.2, -0.15) is 4.31 Å². The van der Waals surface area contributed by atoms with Gasteiger partial charge in [-0.15, -0.1) is 0 Å². The highest BCUT2D eigenvalue weighted by molar-refractivity contribution is 7.89. The Morgan fingerprint density at radius 2 is 1.61 bits per heavy atom. The lowest BCUT2D eigenvalue weighted by atomic mass is 10.1. The van der Waals surface area contributed by atoms with Crippen molar-refractivity contribution in [3.63, 3.8) is 0 Å². The molecule has 2 aromatic rings. The molecule has 2 fully saturated rings. The minimum Gasteiger partial charge on any atom is -0.454 e. The first kappa shape index (κ1) is 24.9. The van der Waals surface area contributed by atoms with Crippen molar-refractivity contribution >= 4 is 33.3 Å². The van der Waals surface area contributed by atoms with E-state index >= 15 is 0 Å². The van der Waals surface area contributed by atoms with Crippen molar-refractivity contribution in [2.75, 3.05) is 59.3 Å². The summed E-state index contributed by atoms with van der Waals surface area (Å²) in [6, 6.07) is 11.9. The molecule has 0 bridgehead atoms. The second-order valence-electron chi connectivity index (χ2n) is 8.75. The molecule has 12 heteroatoms. The van der Waals surface area contributed by atoms with E-state index in [4.69, 9.17) is 26.4 Å². The van der Waals surface area contributed by atoms with Crippen LogP contribution in [0.25, 0.3) is 0 Å². The van der Waals surface area contributed by atoms with Crippen LogP contribution in [0.15, 0.2) is 47.4 Å². The number of piperazine rings is 1. The number of morpholine rings is 1. The Bertz CT molecular complexity index is 1220. The number of hydrogen-bond acceptors (Lipinski definition) is 8. The summed E-state index contributed by atoms with van der Waals surface area (Å²) in [5.74, 6) is 1.19. The van der Waals surface area contributed by atoms with Crippen molar-refractivity contribution in [3.05, 3.63) is 53.6 Å². The molecule has 5 rings (SSSR count). The number of carbonyl (C=O) groups excluding carboxylic acids is 1. The molecule has 1 N–H and O–H groups in total. The van der Waals surface area contributed by atoms with Crippen molar-refractivity contribution in [2.45, 2.75) is 11.4 Å². The Morgan fingerprint density at radius 3 is 2.33 bits per heavy atom. The van der Waals surface area contributed by atoms with Crippen LogP contribution in [0.2, 0.25) is 0 Å². The van der Waals surface area contributed by atoms with E-state index < -0.39 is 10.0 Å². The number of rotatable bonds is 5. The molecule has 0 atom stereocenters. The monoisotopic (exact) mass is 532 g/mol. The molecule has 3 aliphatic heterocycles. The number of ether oxygens (including phenoxy) is 3. The number of benzene rings is 2. The van der Waals surface area contributed by atoms with E-state index in [1.807, 2.05) is 23.1 Å². The smallest absolute Gasteiger partial charge is 0.257 e. The summed E-state index contributed by atoms with van der Waals surface area (Å²) in [5.41, 5.74) is 1.50. The fourth-order valence-electron chi connectivity index (χ4n) is 4.37. The molecule has 1 amide bonds. The van der Waals surface area contributed by atoms with E-state index in [1.165, 1.54) is 28.6 Å². The van der Waals surface area contributed by atoms with E-state index in [9.17, 15) is 13.2 Å². The van der Waals surface area contributed by atoms with Gasteiger partial charge >= 0.3 is 0 Å². The molecule has 0 saturated carbocycles. The van der Waals surface area contributed by atoms with Gasteiger partial charge in [0.15, 0.2) is 16.6 Å². The van der Waals surface area contributed by atoms with Crippen molar-refractivity contribution in [2.24, 2.45) is 0 Å². The summed E-state index contributed by atoms with van der Waals surface area (Å²) in [6.07, 6.45) is 0. The minimum absolute atomic E-state index is 0.155. The number of thiocarbonyl (C=S) groups is 1. The molecule has 3 heterocycles. The van der Waals surface area contributed by atoms with E-state index in [1.54, 1.807) is 0 Å². The van der Waals surface area contributed by atoms with Crippen LogP contribution in [0, 0.1) is 0 Å². The minimum atomic E-state index is -3.61. The predicted molar refractivity (Wildman–Crippen MR) is 135 cm³/mol. The maximum absolute atomic E-state index is 12.8. The lowest BCUT2D eigenvalue weighted by Gasteiger charge is -2.36. The van der Waals surface area contributed by atoms with Crippen molar-refractivity contribution in [1.29, 1.82) is 0 Å². The van der Waals surface area contributed by atoms with Crippen LogP contribution >= 0.6 is 12.2 Å². The summed E-state index contributed by atoms with van der Waals surface area (Å²) >= 11 is 5.47. The zero-order valence-corrected chi connectivity index (χ0v) is 21.4. The normalized spacial score (nSPS) is 18.7. The Balaban J connectivity index is 1.11. The molecule has 0 aromatic heterocycles. The molecular formula is C24H28N4O6S2. The molecule has 2 saturated heterocycles. The molecule has 3 aliphatic rings. The average Bonchev–Trinajstić information content (AvgIpc) is 3.38. The van der Waals surface area contributed by atoms with Crippen LogP contribution < -0.4 is 14.8 Å². The molecule has 2 aromatic carbocycles. The summed E-state index contributed by atoms with van der Waals surface area (Å²) in [5, 5.41) is 3.14. The fraction of sp³-hybridized carbons (Fsp3) is 0.417. The van der Waals surface area contributed by atoms with Gasteiger partial charge < -0.3 is 19.1 Å². The average molecular weight is 533 g/mol. The number of carbonyl (C=O) groups is 1. The van der Waals surface area contributed by atoms with E-state index in [-0.39, 0.29) is 17.6 Å². The number of amides is 1. The highest BCUT2D eigenvalue weighted by atomic mass is 32.2. The van der Waals surface area contributed by atoms with Gasteiger partial charge in [0.05, 0.1) is 18.1 Å². The first-order valence-corrected chi connectivity index (χ1v) is 13.6. The van der Waals surface area contributed by atoms with Crippen LogP contribution in [0.4, 0.5) is 0 Å². The summed E-state index contributed by atoms with van der Waals surface area (Å²) in [6.45, 7) is 5.46. The third kappa shape index (κ3) is 5.47. The molecule has 36 heavy (non-hydrogen) atoms. The summed E-state index contributed by atoms with van der Waals surface area (Å²) in [7, 11) is -3.61. The van der Waals surface area contributed by atoms with Gasteiger partial charge in [-0.05, 0) is 54.2 Å². The van der Waals surface area contributed by atoms with Crippen molar-refractivity contribution < 1.29 is 27.4 Å². The molecular weight excluding hydrogens is 504 g/mol. The van der Waals surface area contributed by atoms with Crippen LogP contribution in [0.3, 0.4) is 0 Å². The highest BCUT2D eigenvalue weighted by Crippen LogP contribution is 2.32. The van der Waals surface area contributed by atoms with Gasteiger partial charge in [0, 0.05) is 51.4 Å². The Hall–Kier alpha value is -2.77. The molecule has 0 unspecified atom stereocenters. The number of hydrogen-bond donors (Lipinski definition) is 1. The SMILES string of the molecule is O=C(NC(=S)N1CCN(Cc2ccc3c(c2)OCO3)CC1)c1ccc(S(=O)(=O)N2CCOCC2)cc1. The van der Waals surface area contributed by atoms with E-state index in [0.717, 1.165) is 36.7 Å². The summed E-state index contributed by atoms with van der Waals surface area (Å²) < 4.78 is 43.0. The summed E-state index contributed by atoms with van der Waals surface area (Å²) in [4.78, 5) is 17.2. The molecule has 0 radical (unpaired) electrons. The Kier molecular flexibility index (Phi) is 7.39. The van der Waals surface area contributed by atoms with Crippen LogP contribution in [-0.2, 0) is 21.3 Å². The number of fused-ring (bicyclic) bond motifs is 1. The largest absolute Gasteiger partial charge is 0.454 e. The zero-order valence-electron chi connectivity index (χ0n) is 19.7. The maximum Gasteiger partial charge on any atom is 0.257 e. The van der Waals surface area contributed by atoms with Gasteiger partial charge in [0.1, 0.15) is 0 Å². The number of sulfonamides is 1.